The van der Waals surface area contributed by atoms with Gasteiger partial charge in [-0.15, -0.1) is 0 Å². The fraction of sp³-hybridized carbons (Fsp3) is 0.200. The van der Waals surface area contributed by atoms with Crippen LogP contribution in [-0.4, -0.2) is 44.8 Å². The Bertz CT molecular complexity index is 1400. The lowest BCUT2D eigenvalue weighted by Gasteiger charge is -2.32. The first kappa shape index (κ1) is 29.1. The summed E-state index contributed by atoms with van der Waals surface area (Å²) in [5, 5.41) is 3.20. The second-order valence-electron chi connectivity index (χ2n) is 7.96. The Labute approximate surface area is 235 Å². The molecular weight excluding hydrogens is 580 g/mol. The number of rotatable bonds is 9. The van der Waals surface area contributed by atoms with Gasteiger partial charge in [-0.1, -0.05) is 76.7 Å². The summed E-state index contributed by atoms with van der Waals surface area (Å²) in [5.74, 6) is -1.09. The van der Waals surface area contributed by atoms with Gasteiger partial charge in [0.1, 0.15) is 12.6 Å². The third-order valence-corrected chi connectivity index (χ3v) is 8.88. The van der Waals surface area contributed by atoms with Crippen molar-refractivity contribution in [1.29, 1.82) is 0 Å². The molecule has 1 atom stereocenters. The molecule has 196 valence electrons. The number of anilines is 1. The van der Waals surface area contributed by atoms with Gasteiger partial charge < -0.3 is 10.2 Å². The van der Waals surface area contributed by atoms with E-state index in [1.54, 1.807) is 36.4 Å². The highest BCUT2D eigenvalue weighted by Crippen LogP contribution is 2.35. The average Bonchev–Trinajstić information content (AvgIpc) is 2.89. The predicted molar refractivity (Wildman–Crippen MR) is 148 cm³/mol. The molecule has 1 N–H and O–H groups in total. The van der Waals surface area contributed by atoms with Crippen LogP contribution in [0, 0.1) is 0 Å². The zero-order valence-electron chi connectivity index (χ0n) is 19.8. The molecular formula is C25H23Cl4N3O4S. The van der Waals surface area contributed by atoms with Crippen LogP contribution in [0.5, 0.6) is 0 Å². The standard InChI is InChI=1S/C25H23Cl4N3O4S/c1-16(25(34)30-2)31(14-17-11-12-19(26)21(28)13-17)23(33)15-32(22-10-6-9-20(27)24(22)29)37(35,36)18-7-4-3-5-8-18/h3-13,16H,14-15H2,1-2H3,(H,30,34). The van der Waals surface area contributed by atoms with E-state index < -0.39 is 34.4 Å². The number of nitrogens with one attached hydrogen (secondary N) is 1. The van der Waals surface area contributed by atoms with E-state index in [-0.39, 0.29) is 32.2 Å². The number of likely N-dealkylation sites (N-methyl/N-ethyl adjacent to an activating group) is 1. The first-order chi connectivity index (χ1) is 17.5. The van der Waals surface area contributed by atoms with Crippen LogP contribution >= 0.6 is 46.4 Å². The molecule has 2 amide bonds. The summed E-state index contributed by atoms with van der Waals surface area (Å²) in [5.41, 5.74) is 0.616. The zero-order chi connectivity index (χ0) is 27.3. The average molecular weight is 603 g/mol. The molecule has 0 bridgehead atoms. The Morgan fingerprint density at radius 2 is 1.57 bits per heavy atom. The molecule has 0 aliphatic heterocycles. The smallest absolute Gasteiger partial charge is 0.264 e. The Morgan fingerprint density at radius 3 is 2.19 bits per heavy atom. The van der Waals surface area contributed by atoms with Gasteiger partial charge in [-0.25, -0.2) is 8.42 Å². The van der Waals surface area contributed by atoms with Crippen LogP contribution in [0.25, 0.3) is 0 Å². The summed E-state index contributed by atoms with van der Waals surface area (Å²) in [6, 6.07) is 16.0. The van der Waals surface area contributed by atoms with E-state index >= 15 is 0 Å². The third-order valence-electron chi connectivity index (χ3n) is 5.56. The molecule has 0 aliphatic rings. The van der Waals surface area contributed by atoms with Gasteiger partial charge >= 0.3 is 0 Å². The fourth-order valence-corrected chi connectivity index (χ4v) is 5.76. The van der Waals surface area contributed by atoms with Gasteiger partial charge in [0, 0.05) is 13.6 Å². The number of hydrogen-bond acceptors (Lipinski definition) is 4. The van der Waals surface area contributed by atoms with Crippen molar-refractivity contribution in [2.75, 3.05) is 17.9 Å². The number of sulfonamides is 1. The van der Waals surface area contributed by atoms with E-state index in [9.17, 15) is 18.0 Å². The van der Waals surface area contributed by atoms with E-state index in [1.807, 2.05) is 0 Å². The van der Waals surface area contributed by atoms with Crippen molar-refractivity contribution in [3.05, 3.63) is 92.4 Å². The molecule has 3 aromatic carbocycles. The highest BCUT2D eigenvalue weighted by Gasteiger charge is 2.33. The molecule has 3 aromatic rings. The number of carbonyl (C=O) groups is 2. The monoisotopic (exact) mass is 601 g/mol. The molecule has 0 aromatic heterocycles. The fourth-order valence-electron chi connectivity index (χ4n) is 3.54. The second kappa shape index (κ2) is 12.4. The van der Waals surface area contributed by atoms with Crippen LogP contribution in [0.1, 0.15) is 12.5 Å². The molecule has 0 fully saturated rings. The van der Waals surface area contributed by atoms with E-state index in [0.29, 0.717) is 10.6 Å². The van der Waals surface area contributed by atoms with Gasteiger partial charge in [-0.05, 0) is 48.9 Å². The maximum atomic E-state index is 13.7. The number of halogens is 4. The minimum atomic E-state index is -4.26. The van der Waals surface area contributed by atoms with Gasteiger partial charge in [0.25, 0.3) is 10.0 Å². The molecule has 3 rings (SSSR count). The van der Waals surface area contributed by atoms with Crippen molar-refractivity contribution < 1.29 is 18.0 Å². The minimum Gasteiger partial charge on any atom is -0.357 e. The van der Waals surface area contributed by atoms with Gasteiger partial charge in [0.2, 0.25) is 11.8 Å². The van der Waals surface area contributed by atoms with Crippen LogP contribution in [0.4, 0.5) is 5.69 Å². The lowest BCUT2D eigenvalue weighted by Crippen LogP contribution is -2.50. The number of amides is 2. The number of nitrogens with zero attached hydrogens (tertiary/aromatic N) is 2. The maximum Gasteiger partial charge on any atom is 0.264 e. The van der Waals surface area contributed by atoms with Gasteiger partial charge in [-0.3, -0.25) is 13.9 Å². The first-order valence-electron chi connectivity index (χ1n) is 10.9. The molecule has 0 aliphatic carbocycles. The molecule has 1 unspecified atom stereocenters. The second-order valence-corrected chi connectivity index (χ2v) is 11.4. The van der Waals surface area contributed by atoms with Crippen molar-refractivity contribution in [3.8, 4) is 0 Å². The molecule has 0 saturated heterocycles. The molecule has 0 spiro atoms. The predicted octanol–water partition coefficient (Wildman–Crippen LogP) is 5.66. The van der Waals surface area contributed by atoms with E-state index in [1.165, 1.54) is 49.2 Å². The topological polar surface area (TPSA) is 86.8 Å². The third kappa shape index (κ3) is 6.69. The number of benzene rings is 3. The SMILES string of the molecule is CNC(=O)C(C)N(Cc1ccc(Cl)c(Cl)c1)C(=O)CN(c1cccc(Cl)c1Cl)S(=O)(=O)c1ccccc1. The number of hydrogen-bond donors (Lipinski definition) is 1. The van der Waals surface area contributed by atoms with Crippen LogP contribution in [-0.2, 0) is 26.2 Å². The van der Waals surface area contributed by atoms with Crippen molar-refractivity contribution in [2.24, 2.45) is 0 Å². The quantitative estimate of drug-likeness (QED) is 0.342. The van der Waals surface area contributed by atoms with Gasteiger partial charge in [-0.2, -0.15) is 0 Å². The number of carbonyl (C=O) groups excluding carboxylic acids is 2. The van der Waals surface area contributed by atoms with Crippen LogP contribution in [0.15, 0.2) is 71.6 Å². The molecule has 0 radical (unpaired) electrons. The summed E-state index contributed by atoms with van der Waals surface area (Å²) in [6.07, 6.45) is 0. The lowest BCUT2D eigenvalue weighted by atomic mass is 10.1. The molecule has 0 saturated carbocycles. The largest absolute Gasteiger partial charge is 0.357 e. The summed E-state index contributed by atoms with van der Waals surface area (Å²) in [7, 11) is -2.81. The highest BCUT2D eigenvalue weighted by atomic mass is 35.5. The molecule has 12 heteroatoms. The maximum absolute atomic E-state index is 13.7. The van der Waals surface area contributed by atoms with Crippen LogP contribution in [0.2, 0.25) is 20.1 Å². The first-order valence-corrected chi connectivity index (χ1v) is 13.9. The molecule has 0 heterocycles. The van der Waals surface area contributed by atoms with Crippen molar-refractivity contribution >= 4 is 73.9 Å². The zero-order valence-corrected chi connectivity index (χ0v) is 23.6. The summed E-state index contributed by atoms with van der Waals surface area (Å²) in [6.45, 7) is 0.851. The van der Waals surface area contributed by atoms with Crippen molar-refractivity contribution in [1.82, 2.24) is 10.2 Å². The Hall–Kier alpha value is -2.49. The van der Waals surface area contributed by atoms with Crippen LogP contribution in [0.3, 0.4) is 0 Å². The Morgan fingerprint density at radius 1 is 0.892 bits per heavy atom. The normalized spacial score (nSPS) is 12.1. The van der Waals surface area contributed by atoms with Gasteiger partial charge in [0.15, 0.2) is 0 Å². The summed E-state index contributed by atoms with van der Waals surface area (Å²) >= 11 is 24.7. The minimum absolute atomic E-state index is 0.0217. The van der Waals surface area contributed by atoms with E-state index in [2.05, 4.69) is 5.32 Å². The molecule has 7 nitrogen and oxygen atoms in total. The lowest BCUT2D eigenvalue weighted by molar-refractivity contribution is -0.139. The van der Waals surface area contributed by atoms with Crippen molar-refractivity contribution in [3.63, 3.8) is 0 Å². The highest BCUT2D eigenvalue weighted by molar-refractivity contribution is 7.92. The Balaban J connectivity index is 2.07. The van der Waals surface area contributed by atoms with Gasteiger partial charge in [0.05, 0.1) is 30.7 Å². The summed E-state index contributed by atoms with van der Waals surface area (Å²) < 4.78 is 28.3. The summed E-state index contributed by atoms with van der Waals surface area (Å²) in [4.78, 5) is 27.5. The van der Waals surface area contributed by atoms with Crippen LogP contribution < -0.4 is 9.62 Å². The van der Waals surface area contributed by atoms with E-state index in [0.717, 1.165) is 4.31 Å². The van der Waals surface area contributed by atoms with E-state index in [4.69, 9.17) is 46.4 Å². The Kier molecular flexibility index (Phi) is 9.72. The van der Waals surface area contributed by atoms with Crippen molar-refractivity contribution in [2.45, 2.75) is 24.4 Å². The molecule has 37 heavy (non-hydrogen) atoms.